The third kappa shape index (κ3) is 4.65. The lowest BCUT2D eigenvalue weighted by atomic mass is 10.1. The number of nitrogens with one attached hydrogen (secondary N) is 1. The fraction of sp³-hybridized carbons (Fsp3) is 0.211. The van der Waals surface area contributed by atoms with Gasteiger partial charge in [-0.25, -0.2) is 0 Å². The van der Waals surface area contributed by atoms with Crippen LogP contribution >= 0.6 is 23.4 Å². The molecule has 5 nitrogen and oxygen atoms in total. The first-order valence-electron chi connectivity index (χ1n) is 8.14. The Bertz CT molecular complexity index is 925. The zero-order valence-corrected chi connectivity index (χ0v) is 16.1. The standard InChI is InChI=1S/C19H19ClN4OS/c1-13-6-7-15(14(2)8-13)10-21-18(25)11-26-19-23-22-12-24(19)17-5-3-4-16(20)9-17/h3-9,12H,10-11H2,1-2H3,(H,21,25). The van der Waals surface area contributed by atoms with Crippen LogP contribution in [0.15, 0.2) is 53.9 Å². The Kier molecular flexibility index (Phi) is 5.96. The van der Waals surface area contributed by atoms with E-state index in [1.54, 1.807) is 6.33 Å². The fourth-order valence-electron chi connectivity index (χ4n) is 2.54. The summed E-state index contributed by atoms with van der Waals surface area (Å²) < 4.78 is 1.81. The van der Waals surface area contributed by atoms with Gasteiger partial charge in [0.05, 0.1) is 11.4 Å². The third-order valence-electron chi connectivity index (χ3n) is 3.91. The number of hydrogen-bond acceptors (Lipinski definition) is 4. The number of halogens is 1. The number of nitrogens with zero attached hydrogens (tertiary/aromatic N) is 3. The van der Waals surface area contributed by atoms with Gasteiger partial charge < -0.3 is 5.32 Å². The molecule has 0 spiro atoms. The molecule has 0 saturated heterocycles. The maximum Gasteiger partial charge on any atom is 0.230 e. The van der Waals surface area contributed by atoms with Crippen LogP contribution in [0.4, 0.5) is 0 Å². The molecule has 1 N–H and O–H groups in total. The molecule has 1 heterocycles. The van der Waals surface area contributed by atoms with Crippen LogP contribution in [0.2, 0.25) is 5.02 Å². The van der Waals surface area contributed by atoms with Crippen molar-refractivity contribution in [3.63, 3.8) is 0 Å². The highest BCUT2D eigenvalue weighted by molar-refractivity contribution is 7.99. The number of thioether (sulfide) groups is 1. The van der Waals surface area contributed by atoms with Crippen LogP contribution in [-0.2, 0) is 11.3 Å². The predicted octanol–water partition coefficient (Wildman–Crippen LogP) is 3.95. The Balaban J connectivity index is 1.58. The topological polar surface area (TPSA) is 59.8 Å². The Morgan fingerprint density at radius 1 is 1.23 bits per heavy atom. The second-order valence-electron chi connectivity index (χ2n) is 5.96. The fourth-order valence-corrected chi connectivity index (χ4v) is 3.49. The van der Waals surface area contributed by atoms with E-state index in [4.69, 9.17) is 11.6 Å². The van der Waals surface area contributed by atoms with Crippen molar-refractivity contribution in [1.29, 1.82) is 0 Å². The quantitative estimate of drug-likeness (QED) is 0.652. The molecule has 0 aliphatic carbocycles. The molecule has 0 atom stereocenters. The molecule has 26 heavy (non-hydrogen) atoms. The Labute approximate surface area is 161 Å². The molecule has 7 heteroatoms. The van der Waals surface area contributed by atoms with Crippen molar-refractivity contribution in [2.45, 2.75) is 25.5 Å². The monoisotopic (exact) mass is 386 g/mol. The van der Waals surface area contributed by atoms with Crippen molar-refractivity contribution in [3.05, 3.63) is 70.5 Å². The zero-order chi connectivity index (χ0) is 18.5. The van der Waals surface area contributed by atoms with Gasteiger partial charge in [-0.3, -0.25) is 9.36 Å². The highest BCUT2D eigenvalue weighted by Crippen LogP contribution is 2.21. The van der Waals surface area contributed by atoms with E-state index >= 15 is 0 Å². The van der Waals surface area contributed by atoms with E-state index in [0.29, 0.717) is 16.7 Å². The first kappa shape index (κ1) is 18.5. The summed E-state index contributed by atoms with van der Waals surface area (Å²) in [6, 6.07) is 13.6. The number of rotatable bonds is 6. The number of aryl methyl sites for hydroxylation is 2. The van der Waals surface area contributed by atoms with Gasteiger partial charge in [-0.1, -0.05) is 53.2 Å². The SMILES string of the molecule is Cc1ccc(CNC(=O)CSc2nncn2-c2cccc(Cl)c2)c(C)c1. The van der Waals surface area contributed by atoms with Crippen molar-refractivity contribution in [2.75, 3.05) is 5.75 Å². The van der Waals surface area contributed by atoms with Gasteiger partial charge in [0.25, 0.3) is 0 Å². The molecule has 0 fully saturated rings. The van der Waals surface area contributed by atoms with Crippen molar-refractivity contribution in [3.8, 4) is 5.69 Å². The van der Waals surface area contributed by atoms with E-state index in [1.807, 2.05) is 34.9 Å². The minimum absolute atomic E-state index is 0.0457. The lowest BCUT2D eigenvalue weighted by molar-refractivity contribution is -0.118. The summed E-state index contributed by atoms with van der Waals surface area (Å²) in [7, 11) is 0. The normalized spacial score (nSPS) is 10.7. The zero-order valence-electron chi connectivity index (χ0n) is 14.6. The maximum atomic E-state index is 12.2. The van der Waals surface area contributed by atoms with Crippen molar-refractivity contribution in [1.82, 2.24) is 20.1 Å². The summed E-state index contributed by atoms with van der Waals surface area (Å²) in [5, 5.41) is 12.3. The van der Waals surface area contributed by atoms with Crippen molar-refractivity contribution < 1.29 is 4.79 Å². The van der Waals surface area contributed by atoms with Crippen LogP contribution in [0.1, 0.15) is 16.7 Å². The lowest BCUT2D eigenvalue weighted by Crippen LogP contribution is -2.25. The van der Waals surface area contributed by atoms with E-state index in [0.717, 1.165) is 11.3 Å². The molecule has 134 valence electrons. The Morgan fingerprint density at radius 3 is 2.85 bits per heavy atom. The number of hydrogen-bond donors (Lipinski definition) is 1. The summed E-state index contributed by atoms with van der Waals surface area (Å²) in [4.78, 5) is 12.2. The number of amides is 1. The second-order valence-corrected chi connectivity index (χ2v) is 7.34. The van der Waals surface area contributed by atoms with E-state index < -0.39 is 0 Å². The molecule has 1 amide bonds. The van der Waals surface area contributed by atoms with Gasteiger partial charge in [0.1, 0.15) is 6.33 Å². The van der Waals surface area contributed by atoms with Crippen LogP contribution in [0.25, 0.3) is 5.69 Å². The Morgan fingerprint density at radius 2 is 2.08 bits per heavy atom. The summed E-state index contributed by atoms with van der Waals surface area (Å²) in [6.45, 7) is 4.63. The van der Waals surface area contributed by atoms with Crippen molar-refractivity contribution >= 4 is 29.3 Å². The summed E-state index contributed by atoms with van der Waals surface area (Å²) in [6.07, 6.45) is 1.61. The van der Waals surface area contributed by atoms with Crippen molar-refractivity contribution in [2.24, 2.45) is 0 Å². The molecule has 2 aromatic carbocycles. The molecule has 0 aliphatic heterocycles. The van der Waals surface area contributed by atoms with Gasteiger partial charge in [0.2, 0.25) is 5.91 Å². The molecule has 3 aromatic rings. The van der Waals surface area contributed by atoms with Crippen LogP contribution in [0.5, 0.6) is 0 Å². The molecule has 1 aromatic heterocycles. The molecule has 3 rings (SSSR count). The lowest BCUT2D eigenvalue weighted by Gasteiger charge is -2.09. The van der Waals surface area contributed by atoms with Crippen LogP contribution in [0.3, 0.4) is 0 Å². The van der Waals surface area contributed by atoms with Gasteiger partial charge in [0, 0.05) is 11.6 Å². The summed E-state index contributed by atoms with van der Waals surface area (Å²) >= 11 is 7.38. The first-order chi connectivity index (χ1) is 12.5. The number of benzene rings is 2. The second kappa shape index (κ2) is 8.38. The molecular weight excluding hydrogens is 368 g/mol. The first-order valence-corrected chi connectivity index (χ1v) is 9.51. The molecule has 0 unspecified atom stereocenters. The minimum Gasteiger partial charge on any atom is -0.351 e. The number of carbonyl (C=O) groups is 1. The van der Waals surface area contributed by atoms with Crippen LogP contribution < -0.4 is 5.32 Å². The average molecular weight is 387 g/mol. The molecule has 0 radical (unpaired) electrons. The van der Waals surface area contributed by atoms with Crippen LogP contribution in [-0.4, -0.2) is 26.4 Å². The smallest absolute Gasteiger partial charge is 0.230 e. The number of aromatic nitrogens is 3. The van der Waals surface area contributed by atoms with Gasteiger partial charge >= 0.3 is 0 Å². The highest BCUT2D eigenvalue weighted by Gasteiger charge is 2.11. The van der Waals surface area contributed by atoms with Gasteiger partial charge in [-0.05, 0) is 43.2 Å². The molecule has 0 bridgehead atoms. The maximum absolute atomic E-state index is 12.2. The van der Waals surface area contributed by atoms with E-state index in [1.165, 1.54) is 22.9 Å². The summed E-state index contributed by atoms with van der Waals surface area (Å²) in [5.41, 5.74) is 4.38. The number of carbonyl (C=O) groups excluding carboxylic acids is 1. The third-order valence-corrected chi connectivity index (χ3v) is 5.09. The van der Waals surface area contributed by atoms with Gasteiger partial charge in [-0.2, -0.15) is 0 Å². The minimum atomic E-state index is -0.0457. The largest absolute Gasteiger partial charge is 0.351 e. The van der Waals surface area contributed by atoms with Crippen LogP contribution in [0, 0.1) is 13.8 Å². The average Bonchev–Trinajstić information content (AvgIpc) is 3.08. The Hall–Kier alpha value is -2.31. The summed E-state index contributed by atoms with van der Waals surface area (Å²) in [5.74, 6) is 0.222. The highest BCUT2D eigenvalue weighted by atomic mass is 35.5. The van der Waals surface area contributed by atoms with Gasteiger partial charge in [-0.15, -0.1) is 10.2 Å². The molecule has 0 saturated carbocycles. The van der Waals surface area contributed by atoms with E-state index in [-0.39, 0.29) is 11.7 Å². The van der Waals surface area contributed by atoms with Gasteiger partial charge in [0.15, 0.2) is 5.16 Å². The van der Waals surface area contributed by atoms with E-state index in [2.05, 4.69) is 41.5 Å². The molecule has 0 aliphatic rings. The van der Waals surface area contributed by atoms with E-state index in [9.17, 15) is 4.79 Å². The molecular formula is C19H19ClN4OS. The predicted molar refractivity (Wildman–Crippen MR) is 105 cm³/mol.